The second kappa shape index (κ2) is 12.1. The fourth-order valence-electron chi connectivity index (χ4n) is 6.19. The topological polar surface area (TPSA) is 50.8 Å². The quantitative estimate of drug-likeness (QED) is 0.253. The lowest BCUT2D eigenvalue weighted by Crippen LogP contribution is -2.36. The molecule has 6 rings (SSSR count). The molecular weight excluding hydrogens is 555 g/mol. The smallest absolute Gasteiger partial charge is 0.250 e. The molecule has 1 saturated heterocycles. The Labute approximate surface area is 252 Å². The van der Waals surface area contributed by atoms with Gasteiger partial charge in [-0.3, -0.25) is 4.79 Å². The molecule has 1 heterocycles. The van der Waals surface area contributed by atoms with Crippen molar-refractivity contribution in [2.75, 3.05) is 26.3 Å². The van der Waals surface area contributed by atoms with E-state index in [1.807, 2.05) is 12.1 Å². The Morgan fingerprint density at radius 3 is 2.37 bits per heavy atom. The average molecular weight is 592 g/mol. The number of para-hydroxylation sites is 1. The van der Waals surface area contributed by atoms with Crippen LogP contribution in [0.5, 0.6) is 11.5 Å². The largest absolute Gasteiger partial charge is 0.490 e. The molecule has 3 aliphatic rings. The molecule has 1 aliphatic heterocycles. The zero-order chi connectivity index (χ0) is 28.5. The first-order valence-electron chi connectivity index (χ1n) is 14.5. The second-order valence-corrected chi connectivity index (χ2v) is 12.2. The van der Waals surface area contributed by atoms with E-state index in [-0.39, 0.29) is 11.8 Å². The highest BCUT2D eigenvalue weighted by Gasteiger charge is 2.44. The average Bonchev–Trinajstić information content (AvgIpc) is 3.59. The van der Waals surface area contributed by atoms with Gasteiger partial charge >= 0.3 is 0 Å². The van der Waals surface area contributed by atoms with Crippen LogP contribution in [0.2, 0.25) is 10.0 Å². The molecule has 2 aliphatic carbocycles. The SMILES string of the molecule is Cc1cccc(CN(C(=O)C2=C(c3ccc(OCCOc4c(Cl)cccc4Cl)cc3)C[C@H]3CNC[C@@H]23)C2CC2)c1C. The summed E-state index contributed by atoms with van der Waals surface area (Å²) in [5.41, 5.74) is 7.11. The van der Waals surface area contributed by atoms with Gasteiger partial charge < -0.3 is 19.7 Å². The highest BCUT2D eigenvalue weighted by atomic mass is 35.5. The van der Waals surface area contributed by atoms with Crippen molar-refractivity contribution >= 4 is 34.7 Å². The molecule has 41 heavy (non-hydrogen) atoms. The minimum Gasteiger partial charge on any atom is -0.490 e. The number of hydrogen-bond acceptors (Lipinski definition) is 4. The molecule has 0 radical (unpaired) electrons. The zero-order valence-corrected chi connectivity index (χ0v) is 25.1. The van der Waals surface area contributed by atoms with Crippen molar-refractivity contribution < 1.29 is 14.3 Å². The third-order valence-corrected chi connectivity index (χ3v) is 9.35. The molecule has 2 atom stereocenters. The number of nitrogens with zero attached hydrogens (tertiary/aromatic N) is 1. The van der Waals surface area contributed by atoms with Crippen molar-refractivity contribution in [3.05, 3.63) is 98.5 Å². The molecule has 2 fully saturated rings. The van der Waals surface area contributed by atoms with Gasteiger partial charge in [0.2, 0.25) is 0 Å². The number of fused-ring (bicyclic) bond motifs is 1. The lowest BCUT2D eigenvalue weighted by atomic mass is 9.93. The van der Waals surface area contributed by atoms with Gasteiger partial charge in [-0.15, -0.1) is 0 Å². The first-order valence-corrected chi connectivity index (χ1v) is 15.3. The van der Waals surface area contributed by atoms with E-state index < -0.39 is 0 Å². The number of halogens is 2. The fraction of sp³-hybridized carbons (Fsp3) is 0.382. The third kappa shape index (κ3) is 5.99. The Bertz CT molecular complexity index is 1450. The normalized spacial score (nSPS) is 19.8. The number of amides is 1. The molecule has 1 amide bonds. The van der Waals surface area contributed by atoms with E-state index in [1.165, 1.54) is 22.3 Å². The van der Waals surface area contributed by atoms with Crippen molar-refractivity contribution in [3.8, 4) is 11.5 Å². The second-order valence-electron chi connectivity index (χ2n) is 11.4. The summed E-state index contributed by atoms with van der Waals surface area (Å²) in [5.74, 6) is 2.18. The van der Waals surface area contributed by atoms with Crippen LogP contribution in [0.15, 0.2) is 66.2 Å². The predicted octanol–water partition coefficient (Wildman–Crippen LogP) is 7.25. The van der Waals surface area contributed by atoms with E-state index in [9.17, 15) is 4.79 Å². The van der Waals surface area contributed by atoms with Crippen LogP contribution in [0.25, 0.3) is 5.57 Å². The number of ether oxygens (including phenoxy) is 2. The maximum absolute atomic E-state index is 14.3. The van der Waals surface area contributed by atoms with E-state index in [0.717, 1.165) is 49.2 Å². The molecule has 3 aromatic carbocycles. The van der Waals surface area contributed by atoms with Gasteiger partial charge in [0.15, 0.2) is 5.75 Å². The Balaban J connectivity index is 1.18. The molecular formula is C34H36Cl2N2O3. The van der Waals surface area contributed by atoms with E-state index in [0.29, 0.717) is 47.5 Å². The van der Waals surface area contributed by atoms with Gasteiger partial charge in [0.1, 0.15) is 19.0 Å². The van der Waals surface area contributed by atoms with E-state index in [4.69, 9.17) is 32.7 Å². The van der Waals surface area contributed by atoms with Gasteiger partial charge in [-0.1, -0.05) is 59.6 Å². The number of hydrogen-bond donors (Lipinski definition) is 1. The monoisotopic (exact) mass is 590 g/mol. The minimum atomic E-state index is 0.218. The molecule has 1 saturated carbocycles. The molecule has 0 aromatic heterocycles. The number of allylic oxidation sites excluding steroid dienone is 1. The van der Waals surface area contributed by atoms with Gasteiger partial charge in [0.25, 0.3) is 5.91 Å². The minimum absolute atomic E-state index is 0.218. The third-order valence-electron chi connectivity index (χ3n) is 8.76. The van der Waals surface area contributed by atoms with Gasteiger partial charge in [-0.2, -0.15) is 0 Å². The summed E-state index contributed by atoms with van der Waals surface area (Å²) >= 11 is 12.4. The van der Waals surface area contributed by atoms with Gasteiger partial charge in [0, 0.05) is 30.6 Å². The summed E-state index contributed by atoms with van der Waals surface area (Å²) in [5, 5.41) is 4.49. The van der Waals surface area contributed by atoms with Crippen LogP contribution in [0.1, 0.15) is 41.5 Å². The van der Waals surface area contributed by atoms with Gasteiger partial charge in [0.05, 0.1) is 10.0 Å². The molecule has 3 aromatic rings. The number of carbonyl (C=O) groups is 1. The molecule has 214 valence electrons. The van der Waals surface area contributed by atoms with Crippen LogP contribution in [0.4, 0.5) is 0 Å². The van der Waals surface area contributed by atoms with E-state index in [1.54, 1.807) is 18.2 Å². The first-order chi connectivity index (χ1) is 19.9. The molecule has 1 N–H and O–H groups in total. The van der Waals surface area contributed by atoms with Crippen LogP contribution in [0.3, 0.4) is 0 Å². The van der Waals surface area contributed by atoms with Gasteiger partial charge in [-0.25, -0.2) is 0 Å². The van der Waals surface area contributed by atoms with E-state index in [2.05, 4.69) is 54.4 Å². The molecule has 0 bridgehead atoms. The van der Waals surface area contributed by atoms with Crippen molar-refractivity contribution in [3.63, 3.8) is 0 Å². The lowest BCUT2D eigenvalue weighted by molar-refractivity contribution is -0.128. The standard InChI is InChI=1S/C34H36Cl2N2O3/c1-21-5-3-6-24(22(21)2)20-38(26-11-12-26)34(39)32-28(17-25-18-37-19-29(25)32)23-9-13-27(14-10-23)40-15-16-41-33-30(35)7-4-8-31(33)36/h3-10,13-14,25-26,29,37H,11-12,15-20H2,1-2H3/t25-,29+/m0/s1. The van der Waals surface area contributed by atoms with Crippen LogP contribution in [-0.2, 0) is 11.3 Å². The number of nitrogens with one attached hydrogen (secondary N) is 1. The summed E-state index contributed by atoms with van der Waals surface area (Å²) in [6.45, 7) is 7.49. The van der Waals surface area contributed by atoms with Crippen molar-refractivity contribution in [2.45, 2.75) is 45.7 Å². The summed E-state index contributed by atoms with van der Waals surface area (Å²) in [4.78, 5) is 16.5. The van der Waals surface area contributed by atoms with Crippen LogP contribution in [-0.4, -0.2) is 43.2 Å². The Hall–Kier alpha value is -2.99. The molecule has 5 nitrogen and oxygen atoms in total. The Morgan fingerprint density at radius 1 is 0.927 bits per heavy atom. The van der Waals surface area contributed by atoms with Crippen LogP contribution >= 0.6 is 23.2 Å². The van der Waals surface area contributed by atoms with Crippen molar-refractivity contribution in [1.29, 1.82) is 0 Å². The summed E-state index contributed by atoms with van der Waals surface area (Å²) in [7, 11) is 0. The zero-order valence-electron chi connectivity index (χ0n) is 23.6. The highest BCUT2D eigenvalue weighted by molar-refractivity contribution is 6.37. The number of carbonyl (C=O) groups excluding carboxylic acids is 1. The number of rotatable bonds is 10. The number of aryl methyl sites for hydroxylation is 1. The molecule has 0 unspecified atom stereocenters. The maximum atomic E-state index is 14.3. The maximum Gasteiger partial charge on any atom is 0.250 e. The van der Waals surface area contributed by atoms with Crippen molar-refractivity contribution in [1.82, 2.24) is 10.2 Å². The highest BCUT2D eigenvalue weighted by Crippen LogP contribution is 2.46. The summed E-state index contributed by atoms with van der Waals surface area (Å²) in [6.07, 6.45) is 3.10. The van der Waals surface area contributed by atoms with E-state index >= 15 is 0 Å². The van der Waals surface area contributed by atoms with Crippen molar-refractivity contribution in [2.24, 2.45) is 11.8 Å². The Kier molecular flexibility index (Phi) is 8.30. The molecule has 7 heteroatoms. The number of benzene rings is 3. The first kappa shape index (κ1) is 28.1. The van der Waals surface area contributed by atoms with Crippen LogP contribution < -0.4 is 14.8 Å². The van der Waals surface area contributed by atoms with Crippen LogP contribution in [0, 0.1) is 25.7 Å². The fourth-order valence-corrected chi connectivity index (χ4v) is 6.70. The predicted molar refractivity (Wildman–Crippen MR) is 165 cm³/mol. The molecule has 0 spiro atoms. The lowest BCUT2D eigenvalue weighted by Gasteiger charge is -2.27. The van der Waals surface area contributed by atoms with Gasteiger partial charge in [-0.05, 0) is 97.7 Å². The summed E-state index contributed by atoms with van der Waals surface area (Å²) < 4.78 is 11.7. The Morgan fingerprint density at radius 2 is 1.63 bits per heavy atom. The summed E-state index contributed by atoms with van der Waals surface area (Å²) in [6, 6.07) is 20.2.